The molecule has 0 aliphatic rings. The topological polar surface area (TPSA) is 88.0 Å². The average molecular weight is 282 g/mol. The van der Waals surface area contributed by atoms with Gasteiger partial charge in [0.25, 0.3) is 0 Å². The first-order chi connectivity index (χ1) is 8.63. The SMILES string of the molecule is Cc1ccc(Nc2nnc(SCC(=O)O)s2)cn1. The van der Waals surface area contributed by atoms with Crippen LogP contribution in [0.4, 0.5) is 10.8 Å². The molecule has 2 aromatic rings. The van der Waals surface area contributed by atoms with Crippen molar-refractivity contribution in [1.29, 1.82) is 0 Å². The number of aryl methyl sites for hydroxylation is 1. The molecule has 2 N–H and O–H groups in total. The van der Waals surface area contributed by atoms with Crippen molar-refractivity contribution in [3.63, 3.8) is 0 Å². The molecule has 0 aliphatic heterocycles. The van der Waals surface area contributed by atoms with Crippen LogP contribution in [-0.2, 0) is 4.79 Å². The lowest BCUT2D eigenvalue weighted by molar-refractivity contribution is -0.133. The molecule has 0 saturated heterocycles. The molecule has 8 heteroatoms. The van der Waals surface area contributed by atoms with Crippen molar-refractivity contribution in [2.24, 2.45) is 0 Å². The van der Waals surface area contributed by atoms with Crippen molar-refractivity contribution in [2.75, 3.05) is 11.1 Å². The van der Waals surface area contributed by atoms with E-state index in [1.807, 2.05) is 19.1 Å². The minimum atomic E-state index is -0.868. The molecule has 0 saturated carbocycles. The Kier molecular flexibility index (Phi) is 4.11. The molecule has 2 heterocycles. The van der Waals surface area contributed by atoms with E-state index in [9.17, 15) is 4.79 Å². The molecule has 0 aliphatic carbocycles. The number of anilines is 2. The maximum absolute atomic E-state index is 10.4. The minimum absolute atomic E-state index is 0.0132. The quantitative estimate of drug-likeness (QED) is 0.812. The molecule has 0 bridgehead atoms. The highest BCUT2D eigenvalue weighted by Crippen LogP contribution is 2.27. The fourth-order valence-corrected chi connectivity index (χ4v) is 2.60. The van der Waals surface area contributed by atoms with Crippen molar-refractivity contribution in [1.82, 2.24) is 15.2 Å². The van der Waals surface area contributed by atoms with Crippen LogP contribution in [0.25, 0.3) is 0 Å². The predicted octanol–water partition coefficient (Wildman–Crippen LogP) is 2.16. The Balaban J connectivity index is 1.97. The maximum atomic E-state index is 10.4. The molecular formula is C10H10N4O2S2. The van der Waals surface area contributed by atoms with Gasteiger partial charge in [0.15, 0.2) is 4.34 Å². The number of aliphatic carboxylic acids is 1. The van der Waals surface area contributed by atoms with Crippen LogP contribution in [-0.4, -0.2) is 32.0 Å². The van der Waals surface area contributed by atoms with E-state index in [0.29, 0.717) is 9.47 Å². The van der Waals surface area contributed by atoms with Crippen LogP contribution in [0.15, 0.2) is 22.7 Å². The molecular weight excluding hydrogens is 272 g/mol. The highest BCUT2D eigenvalue weighted by atomic mass is 32.2. The van der Waals surface area contributed by atoms with Gasteiger partial charge in [-0.25, -0.2) is 0 Å². The lowest BCUT2D eigenvalue weighted by Gasteiger charge is -2.00. The van der Waals surface area contributed by atoms with Crippen LogP contribution in [0.5, 0.6) is 0 Å². The molecule has 0 spiro atoms. The molecule has 94 valence electrons. The van der Waals surface area contributed by atoms with E-state index in [1.165, 1.54) is 11.3 Å². The fourth-order valence-electron chi connectivity index (χ4n) is 1.11. The summed E-state index contributed by atoms with van der Waals surface area (Å²) in [5.41, 5.74) is 1.77. The molecule has 0 radical (unpaired) electrons. The van der Waals surface area contributed by atoms with Crippen molar-refractivity contribution in [2.45, 2.75) is 11.3 Å². The zero-order valence-corrected chi connectivity index (χ0v) is 11.1. The Bertz CT molecular complexity index is 541. The number of carboxylic acid groups (broad SMARTS) is 1. The summed E-state index contributed by atoms with van der Waals surface area (Å²) in [6.45, 7) is 1.91. The Morgan fingerprint density at radius 2 is 2.33 bits per heavy atom. The Morgan fingerprint density at radius 1 is 1.50 bits per heavy atom. The fraction of sp³-hybridized carbons (Fsp3) is 0.200. The van der Waals surface area contributed by atoms with Crippen molar-refractivity contribution in [3.8, 4) is 0 Å². The second kappa shape index (κ2) is 5.78. The lowest BCUT2D eigenvalue weighted by atomic mass is 10.3. The van der Waals surface area contributed by atoms with E-state index in [-0.39, 0.29) is 5.75 Å². The number of aromatic nitrogens is 3. The Hall–Kier alpha value is -1.67. The highest BCUT2D eigenvalue weighted by Gasteiger charge is 2.07. The van der Waals surface area contributed by atoms with Crippen LogP contribution in [0, 0.1) is 6.92 Å². The molecule has 0 unspecified atom stereocenters. The first-order valence-electron chi connectivity index (χ1n) is 5.01. The summed E-state index contributed by atoms with van der Waals surface area (Å²) < 4.78 is 0.625. The number of carbonyl (C=O) groups is 1. The maximum Gasteiger partial charge on any atom is 0.313 e. The van der Waals surface area contributed by atoms with Gasteiger partial charge >= 0.3 is 5.97 Å². The van der Waals surface area contributed by atoms with Crippen molar-refractivity contribution < 1.29 is 9.90 Å². The normalized spacial score (nSPS) is 10.3. The monoisotopic (exact) mass is 282 g/mol. The van der Waals surface area contributed by atoms with E-state index in [2.05, 4.69) is 20.5 Å². The third-order valence-corrected chi connectivity index (χ3v) is 3.84. The number of rotatable bonds is 5. The van der Waals surface area contributed by atoms with E-state index >= 15 is 0 Å². The molecule has 6 nitrogen and oxygen atoms in total. The molecule has 2 aromatic heterocycles. The summed E-state index contributed by atoms with van der Waals surface area (Å²) in [5, 5.41) is 20.0. The van der Waals surface area contributed by atoms with Crippen LogP contribution in [0.1, 0.15) is 5.69 Å². The van der Waals surface area contributed by atoms with Crippen LogP contribution in [0.2, 0.25) is 0 Å². The number of carboxylic acids is 1. The summed E-state index contributed by atoms with van der Waals surface area (Å²) in [5.74, 6) is -0.881. The van der Waals surface area contributed by atoms with Gasteiger partial charge in [-0.05, 0) is 19.1 Å². The Labute approximate surface area is 111 Å². The minimum Gasteiger partial charge on any atom is -0.481 e. The van der Waals surface area contributed by atoms with E-state index in [0.717, 1.165) is 23.1 Å². The van der Waals surface area contributed by atoms with Crippen LogP contribution in [0.3, 0.4) is 0 Å². The standard InChI is InChI=1S/C10H10N4O2S2/c1-6-2-3-7(4-11-6)12-9-13-14-10(18-9)17-5-8(15)16/h2-4H,5H2,1H3,(H,12,13)(H,15,16). The van der Waals surface area contributed by atoms with Crippen LogP contribution >= 0.6 is 23.1 Å². The van der Waals surface area contributed by atoms with Crippen LogP contribution < -0.4 is 5.32 Å². The molecule has 0 aromatic carbocycles. The van der Waals surface area contributed by atoms with E-state index in [1.54, 1.807) is 6.20 Å². The van der Waals surface area contributed by atoms with Gasteiger partial charge < -0.3 is 10.4 Å². The Morgan fingerprint density at radius 3 is 3.00 bits per heavy atom. The molecule has 0 amide bonds. The summed E-state index contributed by atoms with van der Waals surface area (Å²) in [7, 11) is 0. The largest absolute Gasteiger partial charge is 0.481 e. The number of hydrogen-bond donors (Lipinski definition) is 2. The lowest BCUT2D eigenvalue weighted by Crippen LogP contribution is -1.96. The second-order valence-electron chi connectivity index (χ2n) is 3.37. The molecule has 0 atom stereocenters. The van der Waals surface area contributed by atoms with E-state index < -0.39 is 5.97 Å². The molecule has 0 fully saturated rings. The number of nitrogens with one attached hydrogen (secondary N) is 1. The third kappa shape index (κ3) is 3.67. The first-order valence-corrected chi connectivity index (χ1v) is 6.81. The molecule has 18 heavy (non-hydrogen) atoms. The number of thioether (sulfide) groups is 1. The second-order valence-corrected chi connectivity index (χ2v) is 5.57. The smallest absolute Gasteiger partial charge is 0.313 e. The summed E-state index contributed by atoms with van der Waals surface area (Å²) in [6.07, 6.45) is 1.71. The van der Waals surface area contributed by atoms with E-state index in [4.69, 9.17) is 5.11 Å². The number of pyridine rings is 1. The van der Waals surface area contributed by atoms with Crippen molar-refractivity contribution in [3.05, 3.63) is 24.0 Å². The zero-order chi connectivity index (χ0) is 13.0. The van der Waals surface area contributed by atoms with Gasteiger partial charge in [0.05, 0.1) is 17.6 Å². The first kappa shape index (κ1) is 12.8. The summed E-state index contributed by atoms with van der Waals surface area (Å²) in [4.78, 5) is 14.6. The van der Waals surface area contributed by atoms with Crippen molar-refractivity contribution >= 4 is 39.9 Å². The zero-order valence-electron chi connectivity index (χ0n) is 9.45. The highest BCUT2D eigenvalue weighted by molar-refractivity contribution is 8.01. The number of nitrogens with zero attached hydrogens (tertiary/aromatic N) is 3. The van der Waals surface area contributed by atoms with Gasteiger partial charge in [0, 0.05) is 5.69 Å². The van der Waals surface area contributed by atoms with Gasteiger partial charge in [-0.2, -0.15) is 0 Å². The summed E-state index contributed by atoms with van der Waals surface area (Å²) >= 11 is 2.46. The predicted molar refractivity (Wildman–Crippen MR) is 70.5 cm³/mol. The van der Waals surface area contributed by atoms with Gasteiger partial charge in [-0.3, -0.25) is 9.78 Å². The number of hydrogen-bond acceptors (Lipinski definition) is 7. The average Bonchev–Trinajstić information content (AvgIpc) is 2.77. The third-order valence-electron chi connectivity index (χ3n) is 1.89. The summed E-state index contributed by atoms with van der Waals surface area (Å²) in [6, 6.07) is 3.79. The van der Waals surface area contributed by atoms with Gasteiger partial charge in [0.1, 0.15) is 0 Å². The van der Waals surface area contributed by atoms with Gasteiger partial charge in [0.2, 0.25) is 5.13 Å². The molecule has 2 rings (SSSR count). The van der Waals surface area contributed by atoms with Gasteiger partial charge in [-0.1, -0.05) is 23.1 Å². The van der Waals surface area contributed by atoms with Gasteiger partial charge in [-0.15, -0.1) is 10.2 Å².